The van der Waals surface area contributed by atoms with E-state index in [9.17, 15) is 0 Å². The maximum absolute atomic E-state index is 3.38. The molecule has 0 heterocycles. The third kappa shape index (κ3) is 3.38. The van der Waals surface area contributed by atoms with Gasteiger partial charge in [0, 0.05) is 0 Å². The average molecular weight is 217 g/mol. The number of nitrogens with one attached hydrogen (secondary N) is 1. The lowest BCUT2D eigenvalue weighted by atomic mass is 9.90. The van der Waals surface area contributed by atoms with E-state index in [1.165, 1.54) is 35.0 Å². The van der Waals surface area contributed by atoms with Crippen LogP contribution in [0.2, 0.25) is 6.32 Å². The molecule has 2 heteroatoms. The zero-order valence-electron chi connectivity index (χ0n) is 11.2. The van der Waals surface area contributed by atoms with Crippen LogP contribution in [0.4, 0.5) is 0 Å². The number of likely N-dealkylation sites (N-methyl/N-ethyl adjacent to an activating group) is 1. The highest BCUT2D eigenvalue weighted by atomic mass is 14.8. The molecule has 0 unspecified atom stereocenters. The fourth-order valence-electron chi connectivity index (χ4n) is 2.14. The summed E-state index contributed by atoms with van der Waals surface area (Å²) in [6.07, 6.45) is 3.59. The zero-order valence-corrected chi connectivity index (χ0v) is 11.2. The van der Waals surface area contributed by atoms with Gasteiger partial charge in [0.05, 0.1) is 0 Å². The van der Waals surface area contributed by atoms with E-state index in [1.807, 2.05) is 0 Å². The second kappa shape index (κ2) is 6.75. The van der Waals surface area contributed by atoms with E-state index in [0.717, 1.165) is 19.5 Å². The molecule has 1 nitrogen and oxygen atoms in total. The van der Waals surface area contributed by atoms with Crippen molar-refractivity contribution in [1.82, 2.24) is 5.32 Å². The number of hydrogen-bond donors (Lipinski definition) is 1. The molecule has 0 saturated carbocycles. The first-order chi connectivity index (χ1) is 7.70. The molecule has 88 valence electrons. The van der Waals surface area contributed by atoms with Gasteiger partial charge in [-0.1, -0.05) is 25.4 Å². The SMILES string of the molecule is BCCc1ccc(CCNCC)c(C)c1C. The van der Waals surface area contributed by atoms with E-state index >= 15 is 0 Å². The maximum atomic E-state index is 3.38. The molecular weight excluding hydrogens is 193 g/mol. The molecule has 0 fully saturated rings. The van der Waals surface area contributed by atoms with E-state index in [4.69, 9.17) is 0 Å². The summed E-state index contributed by atoms with van der Waals surface area (Å²) in [4.78, 5) is 0. The van der Waals surface area contributed by atoms with Gasteiger partial charge in [-0.25, -0.2) is 0 Å². The summed E-state index contributed by atoms with van der Waals surface area (Å²) >= 11 is 0. The van der Waals surface area contributed by atoms with E-state index in [2.05, 4.69) is 46.1 Å². The van der Waals surface area contributed by atoms with Crippen molar-refractivity contribution in [1.29, 1.82) is 0 Å². The highest BCUT2D eigenvalue weighted by molar-refractivity contribution is 6.08. The summed E-state index contributed by atoms with van der Waals surface area (Å²) in [5.74, 6) is 0. The van der Waals surface area contributed by atoms with E-state index < -0.39 is 0 Å². The van der Waals surface area contributed by atoms with Gasteiger partial charge in [-0.2, -0.15) is 0 Å². The maximum Gasteiger partial charge on any atom is 0.101 e. The minimum absolute atomic E-state index is 1.06. The molecular formula is C14H24BN. The van der Waals surface area contributed by atoms with Crippen LogP contribution < -0.4 is 5.32 Å². The molecule has 0 aliphatic carbocycles. The van der Waals surface area contributed by atoms with Crippen LogP contribution in [0.25, 0.3) is 0 Å². The predicted octanol–water partition coefficient (Wildman–Crippen LogP) is 2.05. The van der Waals surface area contributed by atoms with Crippen LogP contribution in [0.3, 0.4) is 0 Å². The Morgan fingerprint density at radius 2 is 1.62 bits per heavy atom. The van der Waals surface area contributed by atoms with Crippen molar-refractivity contribution in [2.45, 2.75) is 39.9 Å². The van der Waals surface area contributed by atoms with Crippen LogP contribution >= 0.6 is 0 Å². The lowest BCUT2D eigenvalue weighted by Crippen LogP contribution is -2.16. The van der Waals surface area contributed by atoms with E-state index in [-0.39, 0.29) is 0 Å². The van der Waals surface area contributed by atoms with Gasteiger partial charge in [-0.3, -0.25) is 0 Å². The Kier molecular flexibility index (Phi) is 5.61. The van der Waals surface area contributed by atoms with Gasteiger partial charge < -0.3 is 5.32 Å². The Bertz CT molecular complexity index is 334. The highest BCUT2D eigenvalue weighted by Gasteiger charge is 2.05. The molecule has 0 amide bonds. The van der Waals surface area contributed by atoms with Crippen molar-refractivity contribution in [2.75, 3.05) is 13.1 Å². The molecule has 1 N–H and O–H groups in total. The van der Waals surface area contributed by atoms with Gasteiger partial charge in [0.2, 0.25) is 0 Å². The third-order valence-electron chi connectivity index (χ3n) is 3.35. The Balaban J connectivity index is 2.76. The minimum Gasteiger partial charge on any atom is -0.317 e. The predicted molar refractivity (Wildman–Crippen MR) is 75.2 cm³/mol. The van der Waals surface area contributed by atoms with E-state index in [0.29, 0.717) is 0 Å². The minimum atomic E-state index is 1.06. The molecule has 0 aliphatic heterocycles. The van der Waals surface area contributed by atoms with E-state index in [1.54, 1.807) is 0 Å². The average Bonchev–Trinajstić information content (AvgIpc) is 2.28. The lowest BCUT2D eigenvalue weighted by molar-refractivity contribution is 0.714. The van der Waals surface area contributed by atoms with Crippen molar-refractivity contribution >= 4 is 7.85 Å². The molecule has 0 radical (unpaired) electrons. The molecule has 0 bridgehead atoms. The first-order valence-electron chi connectivity index (χ1n) is 6.49. The first kappa shape index (κ1) is 13.3. The van der Waals surface area contributed by atoms with Crippen molar-refractivity contribution in [3.05, 3.63) is 34.4 Å². The summed E-state index contributed by atoms with van der Waals surface area (Å²) in [5.41, 5.74) is 6.00. The van der Waals surface area contributed by atoms with Gasteiger partial charge in [-0.05, 0) is 62.0 Å². The van der Waals surface area contributed by atoms with Gasteiger partial charge in [-0.15, -0.1) is 0 Å². The molecule has 16 heavy (non-hydrogen) atoms. The van der Waals surface area contributed by atoms with Crippen molar-refractivity contribution in [2.24, 2.45) is 0 Å². The van der Waals surface area contributed by atoms with Crippen LogP contribution in [0, 0.1) is 13.8 Å². The zero-order chi connectivity index (χ0) is 12.0. The summed E-state index contributed by atoms with van der Waals surface area (Å²) in [5, 5.41) is 3.38. The molecule has 0 aliphatic rings. The number of aryl methyl sites for hydroxylation is 1. The number of benzene rings is 1. The van der Waals surface area contributed by atoms with Crippen molar-refractivity contribution in [3.63, 3.8) is 0 Å². The van der Waals surface area contributed by atoms with Crippen molar-refractivity contribution in [3.8, 4) is 0 Å². The summed E-state index contributed by atoms with van der Waals surface area (Å²) < 4.78 is 0. The summed E-state index contributed by atoms with van der Waals surface area (Å²) in [6, 6.07) is 4.62. The van der Waals surface area contributed by atoms with Crippen molar-refractivity contribution < 1.29 is 0 Å². The molecule has 0 aromatic heterocycles. The van der Waals surface area contributed by atoms with Gasteiger partial charge in [0.25, 0.3) is 0 Å². The Labute approximate surface area is 101 Å². The largest absolute Gasteiger partial charge is 0.317 e. The summed E-state index contributed by atoms with van der Waals surface area (Å²) in [6.45, 7) is 8.82. The van der Waals surface area contributed by atoms with Gasteiger partial charge in [0.1, 0.15) is 7.85 Å². The second-order valence-corrected chi connectivity index (χ2v) is 4.49. The third-order valence-corrected chi connectivity index (χ3v) is 3.35. The Morgan fingerprint density at radius 3 is 2.12 bits per heavy atom. The Morgan fingerprint density at radius 1 is 1.06 bits per heavy atom. The fraction of sp³-hybridized carbons (Fsp3) is 0.571. The molecule has 0 atom stereocenters. The molecule has 1 rings (SSSR count). The van der Waals surface area contributed by atoms with Gasteiger partial charge >= 0.3 is 0 Å². The smallest absolute Gasteiger partial charge is 0.101 e. The van der Waals surface area contributed by atoms with Crippen LogP contribution in [0.5, 0.6) is 0 Å². The highest BCUT2D eigenvalue weighted by Crippen LogP contribution is 2.19. The quantitative estimate of drug-likeness (QED) is 0.568. The van der Waals surface area contributed by atoms with Gasteiger partial charge in [0.15, 0.2) is 0 Å². The summed E-state index contributed by atoms with van der Waals surface area (Å²) in [7, 11) is 2.24. The normalized spacial score (nSPS) is 10.7. The first-order valence-corrected chi connectivity index (χ1v) is 6.49. The second-order valence-electron chi connectivity index (χ2n) is 4.49. The molecule has 0 saturated heterocycles. The van der Waals surface area contributed by atoms with Crippen LogP contribution in [0.15, 0.2) is 12.1 Å². The molecule has 1 aromatic carbocycles. The van der Waals surface area contributed by atoms with Crippen LogP contribution in [-0.2, 0) is 12.8 Å². The van der Waals surface area contributed by atoms with Crippen LogP contribution in [0.1, 0.15) is 29.2 Å². The molecule has 0 spiro atoms. The van der Waals surface area contributed by atoms with Crippen LogP contribution in [-0.4, -0.2) is 20.9 Å². The number of rotatable bonds is 6. The standard InChI is InChI=1S/C14H24BN/c1-4-16-10-8-14-6-5-13(7-9-15)11(2)12(14)3/h5-6,16H,4,7-10,15H2,1-3H3. The Hall–Kier alpha value is -0.755. The molecule has 1 aromatic rings. The number of hydrogen-bond acceptors (Lipinski definition) is 1. The fourth-order valence-corrected chi connectivity index (χ4v) is 2.14. The monoisotopic (exact) mass is 217 g/mol. The topological polar surface area (TPSA) is 12.0 Å². The lowest BCUT2D eigenvalue weighted by Gasteiger charge is -2.13.